The van der Waals surface area contributed by atoms with E-state index in [4.69, 9.17) is 10.8 Å². The van der Waals surface area contributed by atoms with Gasteiger partial charge in [0.25, 0.3) is 0 Å². The Labute approximate surface area is 78.9 Å². The summed E-state index contributed by atoms with van der Waals surface area (Å²) < 4.78 is 0. The molecule has 66 valence electrons. The quantitative estimate of drug-likeness (QED) is 0.537. The zero-order valence-electron chi connectivity index (χ0n) is 6.12. The van der Waals surface area contributed by atoms with Crippen molar-refractivity contribution in [3.8, 4) is 0 Å². The van der Waals surface area contributed by atoms with Gasteiger partial charge >= 0.3 is 5.97 Å². The molecule has 0 amide bonds. The summed E-state index contributed by atoms with van der Waals surface area (Å²) >= 11 is 4.99. The Bertz CT molecular complexity index is 123. The van der Waals surface area contributed by atoms with Crippen molar-refractivity contribution in [1.82, 2.24) is 0 Å². The average Bonchev–Trinajstić information content (AvgIpc) is 1.97. The van der Waals surface area contributed by atoms with Gasteiger partial charge in [-0.1, -0.05) is 15.9 Å². The zero-order valence-corrected chi connectivity index (χ0v) is 8.53. The van der Waals surface area contributed by atoms with Crippen molar-refractivity contribution in [3.05, 3.63) is 0 Å². The second-order valence-electron chi connectivity index (χ2n) is 2.03. The van der Waals surface area contributed by atoms with E-state index in [1.165, 1.54) is 0 Å². The molecule has 0 radical (unpaired) electrons. The average molecular weight is 242 g/mol. The molecule has 0 aromatic heterocycles. The number of hydrogen-bond donors (Lipinski definition) is 2. The van der Waals surface area contributed by atoms with E-state index < -0.39 is 12.0 Å². The molecule has 11 heavy (non-hydrogen) atoms. The van der Waals surface area contributed by atoms with Crippen LogP contribution >= 0.6 is 27.7 Å². The van der Waals surface area contributed by atoms with Gasteiger partial charge < -0.3 is 10.8 Å². The van der Waals surface area contributed by atoms with Crippen molar-refractivity contribution in [2.75, 3.05) is 16.8 Å². The molecule has 0 aliphatic rings. The van der Waals surface area contributed by atoms with Gasteiger partial charge in [-0.15, -0.1) is 0 Å². The number of carboxylic acids is 1. The monoisotopic (exact) mass is 241 g/mol. The molecule has 0 fully saturated rings. The number of halogens is 1. The number of hydrogen-bond acceptors (Lipinski definition) is 3. The van der Waals surface area contributed by atoms with E-state index in [0.717, 1.165) is 16.8 Å². The predicted octanol–water partition coefficient (Wildman–Crippen LogP) is 0.917. The highest BCUT2D eigenvalue weighted by molar-refractivity contribution is 9.09. The van der Waals surface area contributed by atoms with E-state index in [2.05, 4.69) is 15.9 Å². The van der Waals surface area contributed by atoms with Crippen molar-refractivity contribution >= 4 is 33.7 Å². The molecule has 0 bridgehead atoms. The molecule has 0 spiro atoms. The van der Waals surface area contributed by atoms with Crippen LogP contribution in [0.4, 0.5) is 0 Å². The second kappa shape index (κ2) is 6.94. The summed E-state index contributed by atoms with van der Waals surface area (Å²) in [6, 6.07) is -0.696. The van der Waals surface area contributed by atoms with E-state index in [-0.39, 0.29) is 0 Å². The summed E-state index contributed by atoms with van der Waals surface area (Å²) in [4.78, 5) is 10.2. The molecular weight excluding hydrogens is 230 g/mol. The number of thioether (sulfide) groups is 1. The Morgan fingerprint density at radius 1 is 1.64 bits per heavy atom. The van der Waals surface area contributed by atoms with Crippen LogP contribution in [0.25, 0.3) is 0 Å². The lowest BCUT2D eigenvalue weighted by Crippen LogP contribution is -2.30. The Balaban J connectivity index is 3.17. The molecule has 0 unspecified atom stereocenters. The number of rotatable bonds is 6. The minimum atomic E-state index is -0.913. The number of alkyl halides is 1. The topological polar surface area (TPSA) is 63.3 Å². The normalized spacial score (nSPS) is 12.9. The fourth-order valence-electron chi connectivity index (χ4n) is 0.490. The van der Waals surface area contributed by atoms with Gasteiger partial charge in [0.1, 0.15) is 6.04 Å². The maximum absolute atomic E-state index is 10.2. The zero-order chi connectivity index (χ0) is 8.69. The first kappa shape index (κ1) is 11.3. The molecule has 3 N–H and O–H groups in total. The molecule has 0 aromatic carbocycles. The van der Waals surface area contributed by atoms with E-state index in [0.29, 0.717) is 6.42 Å². The molecule has 0 saturated carbocycles. The highest BCUT2D eigenvalue weighted by Crippen LogP contribution is 2.04. The number of nitrogens with two attached hydrogens (primary N) is 1. The van der Waals surface area contributed by atoms with Crippen LogP contribution in [0.1, 0.15) is 6.42 Å². The van der Waals surface area contributed by atoms with Gasteiger partial charge in [-0.25, -0.2) is 0 Å². The lowest BCUT2D eigenvalue weighted by atomic mass is 10.2. The van der Waals surface area contributed by atoms with Crippen molar-refractivity contribution in [2.45, 2.75) is 12.5 Å². The fraction of sp³-hybridized carbons (Fsp3) is 0.833. The van der Waals surface area contributed by atoms with Crippen molar-refractivity contribution in [1.29, 1.82) is 0 Å². The first-order valence-corrected chi connectivity index (χ1v) is 5.58. The van der Waals surface area contributed by atoms with Gasteiger partial charge in [0.15, 0.2) is 0 Å². The predicted molar refractivity (Wildman–Crippen MR) is 51.3 cm³/mol. The molecule has 0 saturated heterocycles. The van der Waals surface area contributed by atoms with E-state index in [1.807, 2.05) is 0 Å². The summed E-state index contributed by atoms with van der Waals surface area (Å²) in [5.74, 6) is 0.912. The lowest BCUT2D eigenvalue weighted by Gasteiger charge is -2.04. The van der Waals surface area contributed by atoms with Crippen LogP contribution in [-0.4, -0.2) is 34.0 Å². The Kier molecular flexibility index (Phi) is 7.10. The van der Waals surface area contributed by atoms with Gasteiger partial charge in [0, 0.05) is 11.1 Å². The minimum absolute atomic E-state index is 0.549. The van der Waals surface area contributed by atoms with Crippen LogP contribution in [0.15, 0.2) is 0 Å². The van der Waals surface area contributed by atoms with Crippen LogP contribution in [0.2, 0.25) is 0 Å². The van der Waals surface area contributed by atoms with Gasteiger partial charge in [0.2, 0.25) is 0 Å². The molecule has 1 atom stereocenters. The number of carbonyl (C=O) groups is 1. The van der Waals surface area contributed by atoms with Crippen LogP contribution in [0, 0.1) is 0 Å². The molecule has 0 heterocycles. The number of aliphatic carboxylic acids is 1. The highest BCUT2D eigenvalue weighted by Gasteiger charge is 2.09. The SMILES string of the molecule is N[C@@H](CCSCCBr)C(=O)O. The van der Waals surface area contributed by atoms with E-state index >= 15 is 0 Å². The van der Waals surface area contributed by atoms with E-state index in [1.54, 1.807) is 11.8 Å². The first-order valence-electron chi connectivity index (χ1n) is 3.30. The minimum Gasteiger partial charge on any atom is -0.480 e. The summed E-state index contributed by atoms with van der Waals surface area (Å²) in [5, 5.41) is 9.34. The second-order valence-corrected chi connectivity index (χ2v) is 4.05. The summed E-state index contributed by atoms with van der Waals surface area (Å²) in [6.45, 7) is 0. The lowest BCUT2D eigenvalue weighted by molar-refractivity contribution is -0.138. The molecule has 3 nitrogen and oxygen atoms in total. The Morgan fingerprint density at radius 2 is 2.27 bits per heavy atom. The third-order valence-electron chi connectivity index (χ3n) is 1.11. The smallest absolute Gasteiger partial charge is 0.320 e. The molecule has 0 aliphatic carbocycles. The summed E-state index contributed by atoms with van der Waals surface area (Å²) in [6.07, 6.45) is 0.549. The largest absolute Gasteiger partial charge is 0.480 e. The summed E-state index contributed by atoms with van der Waals surface area (Å²) in [7, 11) is 0. The van der Waals surface area contributed by atoms with Gasteiger partial charge in [0.05, 0.1) is 0 Å². The van der Waals surface area contributed by atoms with Crippen LogP contribution < -0.4 is 5.73 Å². The third kappa shape index (κ3) is 6.65. The van der Waals surface area contributed by atoms with Crippen LogP contribution in [0.3, 0.4) is 0 Å². The first-order chi connectivity index (χ1) is 5.18. The van der Waals surface area contributed by atoms with Crippen molar-refractivity contribution in [2.24, 2.45) is 5.73 Å². The molecule has 0 aliphatic heterocycles. The van der Waals surface area contributed by atoms with Gasteiger partial charge in [-0.2, -0.15) is 11.8 Å². The number of carboxylic acid groups (broad SMARTS) is 1. The highest BCUT2D eigenvalue weighted by atomic mass is 79.9. The molecular formula is C6H12BrNO2S. The Hall–Kier alpha value is 0.260. The van der Waals surface area contributed by atoms with E-state index in [9.17, 15) is 4.79 Å². The van der Waals surface area contributed by atoms with Crippen LogP contribution in [0.5, 0.6) is 0 Å². The fourth-order valence-corrected chi connectivity index (χ4v) is 1.91. The van der Waals surface area contributed by atoms with Gasteiger partial charge in [-0.3, -0.25) is 4.79 Å². The molecule has 5 heteroatoms. The Morgan fingerprint density at radius 3 is 2.73 bits per heavy atom. The third-order valence-corrected chi connectivity index (χ3v) is 3.05. The van der Waals surface area contributed by atoms with Gasteiger partial charge in [-0.05, 0) is 12.2 Å². The summed E-state index contributed by atoms with van der Waals surface area (Å²) in [5.41, 5.74) is 5.27. The van der Waals surface area contributed by atoms with Crippen molar-refractivity contribution < 1.29 is 9.90 Å². The molecule has 0 rings (SSSR count). The molecule has 0 aromatic rings. The van der Waals surface area contributed by atoms with Crippen molar-refractivity contribution in [3.63, 3.8) is 0 Å². The maximum atomic E-state index is 10.2. The standard InChI is InChI=1S/C6H12BrNO2S/c7-2-4-11-3-1-5(8)6(9)10/h5H,1-4,8H2,(H,9,10)/t5-/m0/s1. The maximum Gasteiger partial charge on any atom is 0.320 e. The van der Waals surface area contributed by atoms with Crippen LogP contribution in [-0.2, 0) is 4.79 Å².